The minimum atomic E-state index is -0.508. The number of hydrogen-bond acceptors (Lipinski definition) is 4. The average molecular weight is 257 g/mol. The Hall–Kier alpha value is -1.55. The highest BCUT2D eigenvalue weighted by atomic mass is 35.5. The summed E-state index contributed by atoms with van der Waals surface area (Å²) in [5.74, 6) is -0.627. The summed E-state index contributed by atoms with van der Waals surface area (Å²) in [7, 11) is 0. The molecule has 0 heterocycles. The van der Waals surface area contributed by atoms with Gasteiger partial charge in [-0.3, -0.25) is 9.59 Å². The molecular formula is C12H13ClO4. The highest BCUT2D eigenvalue weighted by Gasteiger charge is 2.10. The summed E-state index contributed by atoms with van der Waals surface area (Å²) in [5, 5.41) is 0.358. The van der Waals surface area contributed by atoms with Crippen LogP contribution < -0.4 is 4.74 Å². The van der Waals surface area contributed by atoms with Crippen LogP contribution in [0.2, 0.25) is 5.02 Å². The molecule has 5 heteroatoms. The fraction of sp³-hybridized carbons (Fsp3) is 0.333. The van der Waals surface area contributed by atoms with Crippen LogP contribution in [0.4, 0.5) is 0 Å². The molecule has 0 saturated carbocycles. The van der Waals surface area contributed by atoms with E-state index in [9.17, 15) is 9.59 Å². The minimum absolute atomic E-state index is 0.0110. The molecule has 0 aliphatic heterocycles. The van der Waals surface area contributed by atoms with Gasteiger partial charge in [-0.1, -0.05) is 23.7 Å². The van der Waals surface area contributed by atoms with Crippen molar-refractivity contribution in [2.45, 2.75) is 19.8 Å². The molecule has 92 valence electrons. The van der Waals surface area contributed by atoms with Crippen molar-refractivity contribution in [1.29, 1.82) is 0 Å². The smallest absolute Gasteiger partial charge is 0.311 e. The van der Waals surface area contributed by atoms with Crippen LogP contribution in [0.3, 0.4) is 0 Å². The van der Waals surface area contributed by atoms with Gasteiger partial charge in [0.05, 0.1) is 24.5 Å². The van der Waals surface area contributed by atoms with Crippen molar-refractivity contribution in [2.75, 3.05) is 6.61 Å². The highest BCUT2D eigenvalue weighted by Crippen LogP contribution is 2.23. The summed E-state index contributed by atoms with van der Waals surface area (Å²) in [6.45, 7) is 2.01. The molecule has 0 saturated heterocycles. The molecule has 0 aliphatic rings. The lowest BCUT2D eigenvalue weighted by Crippen LogP contribution is -2.12. The Kier molecular flexibility index (Phi) is 5.49. The molecular weight excluding hydrogens is 244 g/mol. The van der Waals surface area contributed by atoms with E-state index in [1.807, 2.05) is 0 Å². The van der Waals surface area contributed by atoms with E-state index in [0.717, 1.165) is 0 Å². The zero-order chi connectivity index (χ0) is 12.7. The molecule has 1 aromatic carbocycles. The van der Waals surface area contributed by atoms with E-state index in [4.69, 9.17) is 21.1 Å². The lowest BCUT2D eigenvalue weighted by atomic mass is 10.3. The van der Waals surface area contributed by atoms with Crippen LogP contribution in [-0.2, 0) is 14.3 Å². The van der Waals surface area contributed by atoms with Crippen molar-refractivity contribution in [3.8, 4) is 5.75 Å². The Bertz CT molecular complexity index is 403. The largest absolute Gasteiger partial charge is 0.466 e. The summed E-state index contributed by atoms with van der Waals surface area (Å²) < 4.78 is 9.69. The zero-order valence-corrected chi connectivity index (χ0v) is 10.2. The third-order valence-corrected chi connectivity index (χ3v) is 2.21. The van der Waals surface area contributed by atoms with Gasteiger partial charge < -0.3 is 9.47 Å². The molecule has 0 aromatic heterocycles. The van der Waals surface area contributed by atoms with Crippen molar-refractivity contribution in [3.63, 3.8) is 0 Å². The molecule has 0 atom stereocenters. The number of halogens is 1. The quantitative estimate of drug-likeness (QED) is 0.600. The molecule has 1 rings (SSSR count). The fourth-order valence-electron chi connectivity index (χ4n) is 1.14. The van der Waals surface area contributed by atoms with Crippen LogP contribution in [-0.4, -0.2) is 18.5 Å². The fourth-order valence-corrected chi connectivity index (χ4v) is 1.31. The van der Waals surface area contributed by atoms with Gasteiger partial charge in [0.15, 0.2) is 0 Å². The summed E-state index contributed by atoms with van der Waals surface area (Å²) in [6, 6.07) is 6.65. The van der Waals surface area contributed by atoms with Crippen molar-refractivity contribution < 1.29 is 19.1 Å². The second kappa shape index (κ2) is 6.91. The number of rotatable bonds is 5. The molecule has 17 heavy (non-hydrogen) atoms. The molecule has 0 amide bonds. The topological polar surface area (TPSA) is 52.6 Å². The SMILES string of the molecule is CCOC(=O)CCC(=O)Oc1ccccc1Cl. The monoisotopic (exact) mass is 256 g/mol. The van der Waals surface area contributed by atoms with Crippen LogP contribution in [0.5, 0.6) is 5.75 Å². The molecule has 4 nitrogen and oxygen atoms in total. The number of benzene rings is 1. The van der Waals surface area contributed by atoms with E-state index < -0.39 is 11.9 Å². The third-order valence-electron chi connectivity index (χ3n) is 1.90. The predicted octanol–water partition coefficient (Wildman–Crippen LogP) is 2.59. The molecule has 0 radical (unpaired) electrons. The van der Waals surface area contributed by atoms with Gasteiger partial charge >= 0.3 is 11.9 Å². The first-order valence-electron chi connectivity index (χ1n) is 5.24. The maximum absolute atomic E-state index is 11.4. The average Bonchev–Trinajstić information content (AvgIpc) is 2.30. The van der Waals surface area contributed by atoms with Crippen LogP contribution in [0.1, 0.15) is 19.8 Å². The van der Waals surface area contributed by atoms with Gasteiger partial charge in [-0.2, -0.15) is 0 Å². The van der Waals surface area contributed by atoms with Crippen LogP contribution >= 0.6 is 11.6 Å². The Labute approximate surface area is 104 Å². The molecule has 0 N–H and O–H groups in total. The molecule has 0 aliphatic carbocycles. The van der Waals surface area contributed by atoms with E-state index >= 15 is 0 Å². The van der Waals surface area contributed by atoms with Crippen LogP contribution in [0.25, 0.3) is 0 Å². The van der Waals surface area contributed by atoms with Crippen molar-refractivity contribution in [3.05, 3.63) is 29.3 Å². The summed E-state index contributed by atoms with van der Waals surface area (Å²) in [5.41, 5.74) is 0. The standard InChI is InChI=1S/C12H13ClO4/c1-2-16-11(14)7-8-12(15)17-10-6-4-3-5-9(10)13/h3-6H,2,7-8H2,1H3. The second-order valence-corrected chi connectivity index (χ2v) is 3.62. The minimum Gasteiger partial charge on any atom is -0.466 e. The van der Waals surface area contributed by atoms with Gasteiger partial charge in [-0.25, -0.2) is 0 Å². The van der Waals surface area contributed by atoms with E-state index in [1.165, 1.54) is 0 Å². The number of carbonyl (C=O) groups is 2. The van der Waals surface area contributed by atoms with Crippen molar-refractivity contribution in [2.24, 2.45) is 0 Å². The van der Waals surface area contributed by atoms with Crippen LogP contribution in [0, 0.1) is 0 Å². The Morgan fingerprint density at radius 1 is 1.18 bits per heavy atom. The summed E-state index contributed by atoms with van der Waals surface area (Å²) in [6.07, 6.45) is -0.0127. The normalized spacial score (nSPS) is 9.76. The predicted molar refractivity (Wildman–Crippen MR) is 63.0 cm³/mol. The number of para-hydroxylation sites is 1. The second-order valence-electron chi connectivity index (χ2n) is 3.21. The summed E-state index contributed by atoms with van der Waals surface area (Å²) in [4.78, 5) is 22.4. The van der Waals surface area contributed by atoms with Crippen LogP contribution in [0.15, 0.2) is 24.3 Å². The molecule has 1 aromatic rings. The van der Waals surface area contributed by atoms with Gasteiger partial charge in [0, 0.05) is 0 Å². The number of esters is 2. The molecule has 0 spiro atoms. The highest BCUT2D eigenvalue weighted by molar-refractivity contribution is 6.32. The number of carbonyl (C=O) groups excluding carboxylic acids is 2. The summed E-state index contributed by atoms with van der Waals surface area (Å²) >= 11 is 5.81. The molecule has 0 unspecified atom stereocenters. The zero-order valence-electron chi connectivity index (χ0n) is 9.44. The van der Waals surface area contributed by atoms with Crippen molar-refractivity contribution >= 4 is 23.5 Å². The Morgan fingerprint density at radius 3 is 2.47 bits per heavy atom. The number of hydrogen-bond donors (Lipinski definition) is 0. The van der Waals surface area contributed by atoms with Gasteiger partial charge in [0.25, 0.3) is 0 Å². The first-order valence-corrected chi connectivity index (χ1v) is 5.62. The van der Waals surface area contributed by atoms with E-state index in [0.29, 0.717) is 17.4 Å². The van der Waals surface area contributed by atoms with Gasteiger partial charge in [0.2, 0.25) is 0 Å². The first kappa shape index (κ1) is 13.5. The lowest BCUT2D eigenvalue weighted by Gasteiger charge is -2.05. The Morgan fingerprint density at radius 2 is 1.82 bits per heavy atom. The first-order chi connectivity index (χ1) is 8.13. The maximum atomic E-state index is 11.4. The van der Waals surface area contributed by atoms with Gasteiger partial charge in [-0.05, 0) is 19.1 Å². The Balaban J connectivity index is 2.40. The van der Waals surface area contributed by atoms with Gasteiger partial charge in [0.1, 0.15) is 5.75 Å². The lowest BCUT2D eigenvalue weighted by molar-refractivity contribution is -0.146. The number of ether oxygens (including phenoxy) is 2. The molecule has 0 bridgehead atoms. The van der Waals surface area contributed by atoms with E-state index in [2.05, 4.69) is 0 Å². The third kappa shape index (κ3) is 4.87. The van der Waals surface area contributed by atoms with E-state index in [1.54, 1.807) is 31.2 Å². The van der Waals surface area contributed by atoms with Gasteiger partial charge in [-0.15, -0.1) is 0 Å². The maximum Gasteiger partial charge on any atom is 0.311 e. The van der Waals surface area contributed by atoms with Crippen molar-refractivity contribution in [1.82, 2.24) is 0 Å². The molecule has 0 fully saturated rings. The van der Waals surface area contributed by atoms with E-state index in [-0.39, 0.29) is 12.8 Å².